The monoisotopic (exact) mass is 497 g/mol. The van der Waals surface area contributed by atoms with E-state index in [1.807, 2.05) is 0 Å². The van der Waals surface area contributed by atoms with E-state index in [0.29, 0.717) is 0 Å². The average Bonchev–Trinajstić information content (AvgIpc) is 2.70. The van der Waals surface area contributed by atoms with E-state index in [4.69, 9.17) is 4.74 Å². The number of halogens is 6. The van der Waals surface area contributed by atoms with Gasteiger partial charge in [-0.1, -0.05) is 0 Å². The van der Waals surface area contributed by atoms with Gasteiger partial charge in [-0.3, -0.25) is 4.79 Å². The van der Waals surface area contributed by atoms with Crippen molar-refractivity contribution in [1.82, 2.24) is 14.9 Å². The van der Waals surface area contributed by atoms with Gasteiger partial charge in [-0.25, -0.2) is 18.4 Å². The summed E-state index contributed by atoms with van der Waals surface area (Å²) in [5.74, 6) is -2.65. The third kappa shape index (κ3) is 5.54. The number of aromatic nitrogens is 2. The van der Waals surface area contributed by atoms with E-state index in [2.05, 4.69) is 9.97 Å². The summed E-state index contributed by atoms with van der Waals surface area (Å²) in [5, 5.41) is 0. The molecule has 0 N–H and O–H groups in total. The molecular formula is C19H17F6N3O4S. The highest BCUT2D eigenvalue weighted by Gasteiger charge is 2.39. The molecule has 0 aliphatic carbocycles. The Kier molecular flexibility index (Phi) is 6.35. The van der Waals surface area contributed by atoms with Crippen LogP contribution in [-0.4, -0.2) is 54.3 Å². The Bertz CT molecular complexity index is 1180. The van der Waals surface area contributed by atoms with Crippen LogP contribution in [-0.2, 0) is 29.0 Å². The summed E-state index contributed by atoms with van der Waals surface area (Å²) in [6, 6.07) is 2.89. The molecule has 0 fully saturated rings. The standard InChI is InChI=1S/C19H17F6N3O4S/c1-10(18(20,21)22)32-15-4-3-12(33(2,30)31)7-13(15)16(29)28-6-5-14-11(9-28)8-26-17(27-14)19(23,24)25/h3-4,7-8,10H,5-6,9H2,1-2H3/t10-/m0/s1. The largest absolute Gasteiger partial charge is 0.480 e. The Hall–Kier alpha value is -2.90. The van der Waals surface area contributed by atoms with Crippen molar-refractivity contribution in [1.29, 1.82) is 0 Å². The fourth-order valence-electron chi connectivity index (χ4n) is 3.06. The zero-order chi connectivity index (χ0) is 24.8. The van der Waals surface area contributed by atoms with Gasteiger partial charge in [-0.2, -0.15) is 26.3 Å². The minimum Gasteiger partial charge on any atom is -0.480 e. The lowest BCUT2D eigenvalue weighted by molar-refractivity contribution is -0.189. The SMILES string of the molecule is C[C@H](Oc1ccc(S(C)(=O)=O)cc1C(=O)N1CCc2nc(C(F)(F)F)ncc2C1)C(F)(F)F. The number of hydrogen-bond acceptors (Lipinski definition) is 6. The van der Waals surface area contributed by atoms with Gasteiger partial charge in [0.25, 0.3) is 5.91 Å². The first-order valence-corrected chi connectivity index (χ1v) is 11.2. The van der Waals surface area contributed by atoms with Gasteiger partial charge < -0.3 is 9.64 Å². The molecule has 7 nitrogen and oxygen atoms in total. The Balaban J connectivity index is 1.95. The van der Waals surface area contributed by atoms with Gasteiger partial charge in [0.15, 0.2) is 15.9 Å². The lowest BCUT2D eigenvalue weighted by Crippen LogP contribution is -2.38. The number of benzene rings is 1. The maximum atomic E-state index is 13.1. The van der Waals surface area contributed by atoms with Crippen LogP contribution < -0.4 is 4.74 Å². The molecule has 0 bridgehead atoms. The van der Waals surface area contributed by atoms with E-state index in [-0.39, 0.29) is 35.7 Å². The van der Waals surface area contributed by atoms with Gasteiger partial charge in [0.2, 0.25) is 5.82 Å². The van der Waals surface area contributed by atoms with Crippen LogP contribution in [0.5, 0.6) is 5.75 Å². The highest BCUT2D eigenvalue weighted by atomic mass is 32.2. The zero-order valence-corrected chi connectivity index (χ0v) is 18.0. The first kappa shape index (κ1) is 24.7. The van der Waals surface area contributed by atoms with Crippen molar-refractivity contribution < 1.29 is 44.3 Å². The fourth-order valence-corrected chi connectivity index (χ4v) is 3.71. The van der Waals surface area contributed by atoms with Crippen LogP contribution in [0.3, 0.4) is 0 Å². The van der Waals surface area contributed by atoms with Crippen molar-refractivity contribution >= 4 is 15.7 Å². The maximum Gasteiger partial charge on any atom is 0.451 e. The smallest absolute Gasteiger partial charge is 0.451 e. The number of carbonyl (C=O) groups is 1. The number of alkyl halides is 6. The molecule has 180 valence electrons. The quantitative estimate of drug-likeness (QED) is 0.602. The predicted molar refractivity (Wildman–Crippen MR) is 101 cm³/mol. The van der Waals surface area contributed by atoms with E-state index < -0.39 is 51.3 Å². The number of fused-ring (bicyclic) bond motifs is 1. The number of amides is 1. The van der Waals surface area contributed by atoms with Crippen LogP contribution >= 0.6 is 0 Å². The van der Waals surface area contributed by atoms with Gasteiger partial charge >= 0.3 is 12.4 Å². The second-order valence-electron chi connectivity index (χ2n) is 7.37. The molecule has 0 unspecified atom stereocenters. The minimum atomic E-state index is -4.74. The Morgan fingerprint density at radius 3 is 2.42 bits per heavy atom. The Morgan fingerprint density at radius 2 is 1.85 bits per heavy atom. The molecule has 33 heavy (non-hydrogen) atoms. The van der Waals surface area contributed by atoms with Gasteiger partial charge in [-0.05, 0) is 25.1 Å². The number of nitrogens with zero attached hydrogens (tertiary/aromatic N) is 3. The van der Waals surface area contributed by atoms with Crippen LogP contribution in [0.4, 0.5) is 26.3 Å². The van der Waals surface area contributed by atoms with Crippen LogP contribution in [0, 0.1) is 0 Å². The molecule has 0 radical (unpaired) electrons. The summed E-state index contributed by atoms with van der Waals surface area (Å²) in [4.78, 5) is 20.7. The molecular weight excluding hydrogens is 480 g/mol. The van der Waals surface area contributed by atoms with Crippen molar-refractivity contribution in [3.63, 3.8) is 0 Å². The Labute approximate surface area is 184 Å². The topological polar surface area (TPSA) is 89.5 Å². The van der Waals surface area contributed by atoms with Gasteiger partial charge in [0.05, 0.1) is 16.2 Å². The molecule has 2 heterocycles. The molecule has 1 aromatic carbocycles. The van der Waals surface area contributed by atoms with E-state index in [9.17, 15) is 39.6 Å². The van der Waals surface area contributed by atoms with Crippen LogP contribution in [0.2, 0.25) is 0 Å². The third-order valence-electron chi connectivity index (χ3n) is 4.85. The average molecular weight is 497 g/mol. The normalized spacial score (nSPS) is 15.7. The fraction of sp³-hybridized carbons (Fsp3) is 0.421. The first-order valence-electron chi connectivity index (χ1n) is 9.36. The van der Waals surface area contributed by atoms with Crippen LogP contribution in [0.1, 0.15) is 34.4 Å². The van der Waals surface area contributed by atoms with E-state index >= 15 is 0 Å². The minimum absolute atomic E-state index is 0.0619. The van der Waals surface area contributed by atoms with Crippen molar-refractivity contribution in [2.75, 3.05) is 12.8 Å². The number of carbonyl (C=O) groups excluding carboxylic acids is 1. The molecule has 0 saturated carbocycles. The van der Waals surface area contributed by atoms with Crippen molar-refractivity contribution in [3.8, 4) is 5.75 Å². The molecule has 3 rings (SSSR count). The van der Waals surface area contributed by atoms with Gasteiger partial charge in [0.1, 0.15) is 5.75 Å². The molecule has 0 spiro atoms. The van der Waals surface area contributed by atoms with Crippen LogP contribution in [0.25, 0.3) is 0 Å². The molecule has 1 aliphatic heterocycles. The molecule has 2 aromatic rings. The first-order chi connectivity index (χ1) is 15.1. The van der Waals surface area contributed by atoms with Crippen LogP contribution in [0.15, 0.2) is 29.3 Å². The zero-order valence-electron chi connectivity index (χ0n) is 17.2. The molecule has 1 aromatic heterocycles. The van der Waals surface area contributed by atoms with Gasteiger partial charge in [0, 0.05) is 37.5 Å². The van der Waals surface area contributed by atoms with Gasteiger partial charge in [-0.15, -0.1) is 0 Å². The molecule has 0 saturated heterocycles. The molecule has 1 aliphatic rings. The lowest BCUT2D eigenvalue weighted by atomic mass is 10.1. The maximum absolute atomic E-state index is 13.1. The van der Waals surface area contributed by atoms with Crippen molar-refractivity contribution in [2.24, 2.45) is 0 Å². The second kappa shape index (κ2) is 8.47. The second-order valence-corrected chi connectivity index (χ2v) is 9.39. The molecule has 1 atom stereocenters. The summed E-state index contributed by atoms with van der Waals surface area (Å²) in [5.41, 5.74) is -0.105. The number of hydrogen-bond donors (Lipinski definition) is 0. The summed E-state index contributed by atoms with van der Waals surface area (Å²) in [6.07, 6.45) is -10.0. The van der Waals surface area contributed by atoms with E-state index in [0.717, 1.165) is 42.5 Å². The number of sulfone groups is 1. The number of rotatable bonds is 4. The predicted octanol–water partition coefficient (Wildman–Crippen LogP) is 3.43. The molecule has 14 heteroatoms. The van der Waals surface area contributed by atoms with Crippen molar-refractivity contribution in [2.45, 2.75) is 43.2 Å². The highest BCUT2D eigenvalue weighted by molar-refractivity contribution is 7.90. The van der Waals surface area contributed by atoms with E-state index in [1.54, 1.807) is 0 Å². The Morgan fingerprint density at radius 1 is 1.18 bits per heavy atom. The van der Waals surface area contributed by atoms with Crippen molar-refractivity contribution in [3.05, 3.63) is 47.0 Å². The number of ether oxygens (including phenoxy) is 1. The highest BCUT2D eigenvalue weighted by Crippen LogP contribution is 2.32. The summed E-state index contributed by atoms with van der Waals surface area (Å²) in [6.45, 7) is 0.409. The third-order valence-corrected chi connectivity index (χ3v) is 5.96. The molecule has 1 amide bonds. The summed E-state index contributed by atoms with van der Waals surface area (Å²) >= 11 is 0. The van der Waals surface area contributed by atoms with E-state index in [1.165, 1.54) is 0 Å². The summed E-state index contributed by atoms with van der Waals surface area (Å²) in [7, 11) is -3.81. The summed E-state index contributed by atoms with van der Waals surface area (Å²) < 4.78 is 106. The lowest BCUT2D eigenvalue weighted by Gasteiger charge is -2.29.